The summed E-state index contributed by atoms with van der Waals surface area (Å²) < 4.78 is 25.2. The number of sulfonamides is 1. The molecule has 0 saturated heterocycles. The van der Waals surface area contributed by atoms with Crippen molar-refractivity contribution in [2.45, 2.75) is 25.7 Å². The van der Waals surface area contributed by atoms with E-state index in [2.05, 4.69) is 16.9 Å². The molecule has 1 aliphatic carbocycles. The molecule has 82 valence electrons. The third-order valence-corrected chi connectivity index (χ3v) is 3.83. The van der Waals surface area contributed by atoms with Crippen molar-refractivity contribution in [3.63, 3.8) is 0 Å². The highest BCUT2D eigenvalue weighted by molar-refractivity contribution is 7.89. The molecule has 0 aromatic rings. The maximum Gasteiger partial charge on any atom is 0.211 e. The second kappa shape index (κ2) is 5.04. The molecule has 0 aromatic carbocycles. The van der Waals surface area contributed by atoms with E-state index in [0.717, 1.165) is 12.8 Å². The molecular weight excluding hydrogens is 220 g/mol. The van der Waals surface area contributed by atoms with Crippen molar-refractivity contribution in [1.29, 1.82) is 0 Å². The largest absolute Gasteiger partial charge is 0.393 e. The van der Waals surface area contributed by atoms with E-state index in [-0.39, 0.29) is 5.75 Å². The van der Waals surface area contributed by atoms with Crippen LogP contribution in [0.15, 0.2) is 0 Å². The molecule has 0 bridgehead atoms. The van der Waals surface area contributed by atoms with Crippen LogP contribution in [0.2, 0.25) is 0 Å². The molecule has 1 rings (SSSR count). The summed E-state index contributed by atoms with van der Waals surface area (Å²) in [6.07, 6.45) is 3.38. The van der Waals surface area contributed by atoms with E-state index in [1.54, 1.807) is 0 Å². The van der Waals surface area contributed by atoms with Crippen LogP contribution in [0.4, 0.5) is 0 Å². The lowest BCUT2D eigenvalue weighted by Crippen LogP contribution is -2.28. The molecule has 0 aliphatic heterocycles. The van der Waals surface area contributed by atoms with Crippen LogP contribution >= 0.6 is 12.2 Å². The maximum atomic E-state index is 11.4. The molecule has 1 aliphatic rings. The SMILES string of the molecule is NC(=S)CCCNS(=O)(=O)CC1CC1. The van der Waals surface area contributed by atoms with Crippen molar-refractivity contribution in [2.75, 3.05) is 12.3 Å². The fraction of sp³-hybridized carbons (Fsp3) is 0.875. The molecule has 0 atom stereocenters. The first kappa shape index (κ1) is 11.9. The highest BCUT2D eigenvalue weighted by Crippen LogP contribution is 2.29. The maximum absolute atomic E-state index is 11.4. The van der Waals surface area contributed by atoms with Gasteiger partial charge in [0.15, 0.2) is 0 Å². The van der Waals surface area contributed by atoms with Crippen LogP contribution in [0.25, 0.3) is 0 Å². The smallest absolute Gasteiger partial charge is 0.211 e. The van der Waals surface area contributed by atoms with Gasteiger partial charge in [0, 0.05) is 6.54 Å². The van der Waals surface area contributed by atoms with Gasteiger partial charge >= 0.3 is 0 Å². The van der Waals surface area contributed by atoms with E-state index in [9.17, 15) is 8.42 Å². The Balaban J connectivity index is 2.12. The molecule has 14 heavy (non-hydrogen) atoms. The van der Waals surface area contributed by atoms with E-state index in [0.29, 0.717) is 30.3 Å². The summed E-state index contributed by atoms with van der Waals surface area (Å²) in [7, 11) is -3.05. The van der Waals surface area contributed by atoms with Crippen LogP contribution in [-0.2, 0) is 10.0 Å². The Kier molecular flexibility index (Phi) is 4.28. The van der Waals surface area contributed by atoms with Crippen molar-refractivity contribution in [3.8, 4) is 0 Å². The van der Waals surface area contributed by atoms with Crippen LogP contribution in [0.5, 0.6) is 0 Å². The zero-order chi connectivity index (χ0) is 10.6. The van der Waals surface area contributed by atoms with Crippen LogP contribution in [0.3, 0.4) is 0 Å². The van der Waals surface area contributed by atoms with Crippen LogP contribution in [-0.4, -0.2) is 25.7 Å². The topological polar surface area (TPSA) is 72.2 Å². The van der Waals surface area contributed by atoms with Gasteiger partial charge in [-0.15, -0.1) is 0 Å². The van der Waals surface area contributed by atoms with Gasteiger partial charge in [0.05, 0.1) is 10.7 Å². The minimum absolute atomic E-state index is 0.278. The normalized spacial score (nSPS) is 16.9. The Morgan fingerprint density at radius 3 is 2.64 bits per heavy atom. The molecule has 0 spiro atoms. The Hall–Kier alpha value is -0.200. The fourth-order valence-corrected chi connectivity index (χ4v) is 2.82. The average molecular weight is 236 g/mol. The molecule has 0 aromatic heterocycles. The summed E-state index contributed by atoms with van der Waals surface area (Å²) in [6, 6.07) is 0. The molecule has 1 saturated carbocycles. The van der Waals surface area contributed by atoms with Gasteiger partial charge < -0.3 is 5.73 Å². The summed E-state index contributed by atoms with van der Waals surface area (Å²) in [4.78, 5) is 0.436. The molecule has 0 radical (unpaired) electrons. The number of nitrogens with one attached hydrogen (secondary N) is 1. The monoisotopic (exact) mass is 236 g/mol. The predicted molar refractivity (Wildman–Crippen MR) is 60.5 cm³/mol. The standard InChI is InChI=1S/C8H16N2O2S2/c9-8(13)2-1-5-10-14(11,12)6-7-3-4-7/h7,10H,1-6H2,(H2,9,13). The minimum Gasteiger partial charge on any atom is -0.393 e. The molecule has 0 heterocycles. The Morgan fingerprint density at radius 2 is 2.14 bits per heavy atom. The average Bonchev–Trinajstić information content (AvgIpc) is 2.81. The number of thiocarbonyl (C=S) groups is 1. The Morgan fingerprint density at radius 1 is 1.50 bits per heavy atom. The molecule has 1 fully saturated rings. The highest BCUT2D eigenvalue weighted by Gasteiger charge is 2.27. The molecule has 0 amide bonds. The number of rotatable bonds is 7. The second-order valence-electron chi connectivity index (χ2n) is 3.69. The van der Waals surface area contributed by atoms with Gasteiger partial charge in [-0.05, 0) is 31.6 Å². The molecule has 6 heteroatoms. The number of hydrogen-bond acceptors (Lipinski definition) is 3. The summed E-state index contributed by atoms with van der Waals surface area (Å²) in [5.41, 5.74) is 5.29. The third-order valence-electron chi connectivity index (χ3n) is 2.07. The zero-order valence-corrected chi connectivity index (χ0v) is 9.66. The van der Waals surface area contributed by atoms with Crippen molar-refractivity contribution in [3.05, 3.63) is 0 Å². The van der Waals surface area contributed by atoms with Gasteiger partial charge in [0.2, 0.25) is 10.0 Å². The van der Waals surface area contributed by atoms with Gasteiger partial charge in [-0.25, -0.2) is 13.1 Å². The van der Waals surface area contributed by atoms with Gasteiger partial charge in [-0.3, -0.25) is 0 Å². The zero-order valence-electron chi connectivity index (χ0n) is 8.03. The van der Waals surface area contributed by atoms with Gasteiger partial charge in [-0.1, -0.05) is 12.2 Å². The van der Waals surface area contributed by atoms with Crippen LogP contribution < -0.4 is 10.5 Å². The van der Waals surface area contributed by atoms with Crippen LogP contribution in [0.1, 0.15) is 25.7 Å². The predicted octanol–water partition coefficient (Wildman–Crippen LogP) is 0.382. The van der Waals surface area contributed by atoms with Crippen molar-refractivity contribution < 1.29 is 8.42 Å². The lowest BCUT2D eigenvalue weighted by atomic mass is 10.3. The first-order valence-corrected chi connectivity index (χ1v) is 6.81. The van der Waals surface area contributed by atoms with E-state index in [1.165, 1.54) is 0 Å². The number of nitrogens with two attached hydrogens (primary N) is 1. The van der Waals surface area contributed by atoms with E-state index < -0.39 is 10.0 Å². The summed E-state index contributed by atoms with van der Waals surface area (Å²) in [6.45, 7) is 0.437. The summed E-state index contributed by atoms with van der Waals surface area (Å²) in [5.74, 6) is 0.670. The molecule has 3 N–H and O–H groups in total. The highest BCUT2D eigenvalue weighted by atomic mass is 32.2. The number of hydrogen-bond donors (Lipinski definition) is 2. The lowest BCUT2D eigenvalue weighted by Gasteiger charge is -2.04. The lowest BCUT2D eigenvalue weighted by molar-refractivity contribution is 0.576. The Labute approximate surface area is 90.3 Å². The second-order valence-corrected chi connectivity index (χ2v) is 6.06. The quantitative estimate of drug-likeness (QED) is 0.495. The first-order valence-electron chi connectivity index (χ1n) is 4.75. The van der Waals surface area contributed by atoms with E-state index in [4.69, 9.17) is 5.73 Å². The minimum atomic E-state index is -3.05. The fourth-order valence-electron chi connectivity index (χ4n) is 1.14. The molecular formula is C8H16N2O2S2. The first-order chi connectivity index (χ1) is 6.49. The van der Waals surface area contributed by atoms with Gasteiger partial charge in [0.25, 0.3) is 0 Å². The summed E-state index contributed by atoms with van der Waals surface area (Å²) >= 11 is 4.68. The van der Waals surface area contributed by atoms with Crippen LogP contribution in [0, 0.1) is 5.92 Å². The van der Waals surface area contributed by atoms with Gasteiger partial charge in [0.1, 0.15) is 0 Å². The van der Waals surface area contributed by atoms with Crippen molar-refractivity contribution in [1.82, 2.24) is 4.72 Å². The van der Waals surface area contributed by atoms with Crippen molar-refractivity contribution >= 4 is 27.2 Å². The van der Waals surface area contributed by atoms with E-state index >= 15 is 0 Å². The third kappa shape index (κ3) is 5.51. The van der Waals surface area contributed by atoms with E-state index in [1.807, 2.05) is 0 Å². The van der Waals surface area contributed by atoms with Crippen molar-refractivity contribution in [2.24, 2.45) is 11.7 Å². The summed E-state index contributed by atoms with van der Waals surface area (Å²) in [5, 5.41) is 0. The molecule has 0 unspecified atom stereocenters. The molecule has 4 nitrogen and oxygen atoms in total. The Bertz CT molecular complexity index is 296. The van der Waals surface area contributed by atoms with Gasteiger partial charge in [-0.2, -0.15) is 0 Å².